The first-order valence-corrected chi connectivity index (χ1v) is 5.48. The van der Waals surface area contributed by atoms with Gasteiger partial charge in [-0.3, -0.25) is 14.5 Å². The molecule has 2 aromatic heterocycles. The summed E-state index contributed by atoms with van der Waals surface area (Å²) >= 11 is 0. The fourth-order valence-corrected chi connectivity index (χ4v) is 1.80. The largest absolute Gasteiger partial charge is 0.396 e. The highest BCUT2D eigenvalue weighted by Crippen LogP contribution is 2.22. The van der Waals surface area contributed by atoms with Gasteiger partial charge in [0.15, 0.2) is 0 Å². The zero-order valence-corrected chi connectivity index (χ0v) is 10.6. The third kappa shape index (κ3) is 2.04. The predicted octanol–water partition coefficient (Wildman–Crippen LogP) is 0.982. The van der Waals surface area contributed by atoms with Crippen molar-refractivity contribution in [2.75, 3.05) is 17.7 Å². The monoisotopic (exact) mass is 245 g/mol. The average Bonchev–Trinajstić information content (AvgIpc) is 2.67. The Kier molecular flexibility index (Phi) is 3.01. The van der Waals surface area contributed by atoms with Gasteiger partial charge in [-0.2, -0.15) is 5.10 Å². The topological polar surface area (TPSA) is 77.0 Å². The minimum Gasteiger partial charge on any atom is -0.396 e. The van der Waals surface area contributed by atoms with E-state index in [2.05, 4.69) is 10.1 Å². The summed E-state index contributed by atoms with van der Waals surface area (Å²) in [6.45, 7) is 1.80. The fraction of sp³-hybridized carbons (Fsp3) is 0.250. The van der Waals surface area contributed by atoms with Gasteiger partial charge in [-0.25, -0.2) is 0 Å². The highest BCUT2D eigenvalue weighted by Gasteiger charge is 2.19. The number of aromatic nitrogens is 3. The van der Waals surface area contributed by atoms with Crippen LogP contribution in [0.4, 0.5) is 11.4 Å². The lowest BCUT2D eigenvalue weighted by molar-refractivity contribution is 0.0992. The maximum absolute atomic E-state index is 12.3. The van der Waals surface area contributed by atoms with Gasteiger partial charge >= 0.3 is 0 Å². The number of nitrogens with zero attached hydrogens (tertiary/aromatic N) is 4. The molecular formula is C12H15N5O. The SMILES string of the molecule is Cc1nn(C)cc1C(=O)N(C)c1ccncc1N. The Morgan fingerprint density at radius 3 is 2.78 bits per heavy atom. The highest BCUT2D eigenvalue weighted by atomic mass is 16.2. The molecule has 94 valence electrons. The second kappa shape index (κ2) is 4.48. The molecule has 0 unspecified atom stereocenters. The summed E-state index contributed by atoms with van der Waals surface area (Å²) in [5.74, 6) is -0.140. The van der Waals surface area contributed by atoms with E-state index in [1.807, 2.05) is 0 Å². The van der Waals surface area contributed by atoms with Gasteiger partial charge in [0.25, 0.3) is 5.91 Å². The molecule has 0 bridgehead atoms. The van der Waals surface area contributed by atoms with E-state index in [-0.39, 0.29) is 5.91 Å². The summed E-state index contributed by atoms with van der Waals surface area (Å²) in [6.07, 6.45) is 4.83. The lowest BCUT2D eigenvalue weighted by atomic mass is 10.2. The number of carbonyl (C=O) groups is 1. The van der Waals surface area contributed by atoms with Gasteiger partial charge in [-0.05, 0) is 13.0 Å². The molecule has 2 N–H and O–H groups in total. The van der Waals surface area contributed by atoms with Crippen LogP contribution in [0.25, 0.3) is 0 Å². The minimum absolute atomic E-state index is 0.140. The van der Waals surface area contributed by atoms with Gasteiger partial charge in [0, 0.05) is 26.5 Å². The molecule has 6 nitrogen and oxygen atoms in total. The summed E-state index contributed by atoms with van der Waals surface area (Å²) in [4.78, 5) is 17.7. The zero-order valence-electron chi connectivity index (χ0n) is 10.6. The van der Waals surface area contributed by atoms with Crippen LogP contribution in [0.1, 0.15) is 16.1 Å². The van der Waals surface area contributed by atoms with Crippen molar-refractivity contribution in [3.63, 3.8) is 0 Å². The molecule has 0 aliphatic heterocycles. The normalized spacial score (nSPS) is 10.4. The van der Waals surface area contributed by atoms with Crippen LogP contribution in [0.3, 0.4) is 0 Å². The van der Waals surface area contributed by atoms with Gasteiger partial charge < -0.3 is 10.6 Å². The molecule has 2 heterocycles. The van der Waals surface area contributed by atoms with Crippen molar-refractivity contribution in [3.05, 3.63) is 35.9 Å². The molecular weight excluding hydrogens is 230 g/mol. The van der Waals surface area contributed by atoms with Crippen molar-refractivity contribution in [1.29, 1.82) is 0 Å². The lowest BCUT2D eigenvalue weighted by Gasteiger charge is -2.18. The van der Waals surface area contributed by atoms with Crippen LogP contribution in [0.15, 0.2) is 24.7 Å². The van der Waals surface area contributed by atoms with E-state index in [1.165, 1.54) is 11.1 Å². The molecule has 6 heteroatoms. The Morgan fingerprint density at radius 1 is 1.50 bits per heavy atom. The summed E-state index contributed by atoms with van der Waals surface area (Å²) in [7, 11) is 3.46. The van der Waals surface area contributed by atoms with Crippen molar-refractivity contribution in [3.8, 4) is 0 Å². The first-order valence-electron chi connectivity index (χ1n) is 5.48. The van der Waals surface area contributed by atoms with Crippen molar-refractivity contribution in [1.82, 2.24) is 14.8 Å². The Hall–Kier alpha value is -2.37. The van der Waals surface area contributed by atoms with E-state index in [0.29, 0.717) is 22.6 Å². The maximum Gasteiger partial charge on any atom is 0.261 e. The number of nitrogens with two attached hydrogens (primary N) is 1. The lowest BCUT2D eigenvalue weighted by Crippen LogP contribution is -2.27. The Morgan fingerprint density at radius 2 is 2.22 bits per heavy atom. The Balaban J connectivity index is 2.35. The highest BCUT2D eigenvalue weighted by molar-refractivity contribution is 6.07. The molecule has 0 spiro atoms. The van der Waals surface area contributed by atoms with Crippen LogP contribution in [-0.4, -0.2) is 27.7 Å². The standard InChI is InChI=1S/C12H15N5O/c1-8-9(7-16(2)15-8)12(18)17(3)11-4-5-14-6-10(11)13/h4-7H,13H2,1-3H3. The molecule has 0 saturated heterocycles. The number of nitrogen functional groups attached to an aromatic ring is 1. The number of hydrogen-bond acceptors (Lipinski definition) is 4. The van der Waals surface area contributed by atoms with Crippen LogP contribution >= 0.6 is 0 Å². The summed E-state index contributed by atoms with van der Waals surface area (Å²) in [6, 6.07) is 1.71. The molecule has 0 aliphatic carbocycles. The number of rotatable bonds is 2. The van der Waals surface area contributed by atoms with E-state index in [0.717, 1.165) is 0 Å². The number of aryl methyl sites for hydroxylation is 2. The third-order valence-corrected chi connectivity index (χ3v) is 2.74. The second-order valence-corrected chi connectivity index (χ2v) is 4.10. The molecule has 1 amide bonds. The minimum atomic E-state index is -0.140. The van der Waals surface area contributed by atoms with Gasteiger partial charge in [-0.15, -0.1) is 0 Å². The number of amides is 1. The molecule has 0 saturated carbocycles. The van der Waals surface area contributed by atoms with Crippen LogP contribution in [0, 0.1) is 6.92 Å². The number of pyridine rings is 1. The first kappa shape index (κ1) is 12.1. The van der Waals surface area contributed by atoms with E-state index in [1.54, 1.807) is 44.2 Å². The Labute approximate surface area is 105 Å². The van der Waals surface area contributed by atoms with Crippen molar-refractivity contribution in [2.45, 2.75) is 6.92 Å². The quantitative estimate of drug-likeness (QED) is 0.855. The van der Waals surface area contributed by atoms with Gasteiger partial charge in [0.1, 0.15) is 0 Å². The Bertz CT molecular complexity index is 590. The molecule has 0 radical (unpaired) electrons. The third-order valence-electron chi connectivity index (χ3n) is 2.74. The summed E-state index contributed by atoms with van der Waals surface area (Å²) in [5, 5.41) is 4.16. The van der Waals surface area contributed by atoms with Gasteiger partial charge in [0.2, 0.25) is 0 Å². The van der Waals surface area contributed by atoms with Crippen LogP contribution in [-0.2, 0) is 7.05 Å². The van der Waals surface area contributed by atoms with Gasteiger partial charge in [-0.1, -0.05) is 0 Å². The van der Waals surface area contributed by atoms with Crippen LogP contribution in [0.5, 0.6) is 0 Å². The van der Waals surface area contributed by atoms with Crippen LogP contribution in [0.2, 0.25) is 0 Å². The van der Waals surface area contributed by atoms with Crippen molar-refractivity contribution < 1.29 is 4.79 Å². The molecule has 0 aliphatic rings. The van der Waals surface area contributed by atoms with Crippen molar-refractivity contribution >= 4 is 17.3 Å². The average molecular weight is 245 g/mol. The molecule has 0 aromatic carbocycles. The maximum atomic E-state index is 12.3. The molecule has 0 atom stereocenters. The van der Waals surface area contributed by atoms with E-state index in [4.69, 9.17) is 5.73 Å². The summed E-state index contributed by atoms with van der Waals surface area (Å²) in [5.41, 5.74) is 8.17. The zero-order chi connectivity index (χ0) is 13.3. The van der Waals surface area contributed by atoms with Crippen molar-refractivity contribution in [2.24, 2.45) is 7.05 Å². The first-order chi connectivity index (χ1) is 8.50. The van der Waals surface area contributed by atoms with E-state index in [9.17, 15) is 4.79 Å². The second-order valence-electron chi connectivity index (χ2n) is 4.10. The van der Waals surface area contributed by atoms with E-state index >= 15 is 0 Å². The van der Waals surface area contributed by atoms with E-state index < -0.39 is 0 Å². The number of anilines is 2. The predicted molar refractivity (Wildman–Crippen MR) is 69.3 cm³/mol. The number of carbonyl (C=O) groups excluding carboxylic acids is 1. The number of hydrogen-bond donors (Lipinski definition) is 1. The fourth-order valence-electron chi connectivity index (χ4n) is 1.80. The smallest absolute Gasteiger partial charge is 0.261 e. The molecule has 2 aromatic rings. The van der Waals surface area contributed by atoms with Crippen LogP contribution < -0.4 is 10.6 Å². The summed E-state index contributed by atoms with van der Waals surface area (Å²) < 4.78 is 1.62. The molecule has 0 fully saturated rings. The molecule has 18 heavy (non-hydrogen) atoms. The molecule has 2 rings (SSSR count). The van der Waals surface area contributed by atoms with Gasteiger partial charge in [0.05, 0.1) is 28.8 Å².